The molecule has 98 valence electrons. The van der Waals surface area contributed by atoms with E-state index >= 15 is 0 Å². The topological polar surface area (TPSA) is 29.5 Å². The molecule has 2 rings (SSSR count). The predicted molar refractivity (Wildman–Crippen MR) is 75.9 cm³/mol. The molecule has 0 N–H and O–H groups in total. The van der Waals surface area contributed by atoms with Gasteiger partial charge in [0.1, 0.15) is 0 Å². The normalized spacial score (nSPS) is 13.8. The molecule has 0 saturated carbocycles. The number of carbonyl (C=O) groups is 1. The molecule has 0 aliphatic carbocycles. The number of methoxy groups -OCH3 is 1. The van der Waals surface area contributed by atoms with Crippen LogP contribution in [0.2, 0.25) is 0 Å². The molecule has 18 heavy (non-hydrogen) atoms. The van der Waals surface area contributed by atoms with Crippen LogP contribution in [-0.2, 0) is 16.0 Å². The summed E-state index contributed by atoms with van der Waals surface area (Å²) in [5.74, 6) is 0.225. The van der Waals surface area contributed by atoms with E-state index in [-0.39, 0.29) is 5.91 Å². The average molecular weight is 312 g/mol. The van der Waals surface area contributed by atoms with Crippen LogP contribution < -0.4 is 4.90 Å². The fraction of sp³-hybridized carbons (Fsp3) is 0.500. The van der Waals surface area contributed by atoms with Crippen molar-refractivity contribution in [2.75, 3.05) is 25.2 Å². The van der Waals surface area contributed by atoms with Gasteiger partial charge in [0.2, 0.25) is 5.91 Å². The molecule has 1 aromatic rings. The first-order valence-electron chi connectivity index (χ1n) is 6.30. The van der Waals surface area contributed by atoms with Gasteiger partial charge in [0.05, 0.1) is 0 Å². The molecule has 1 aromatic carbocycles. The number of ether oxygens (including phenoxy) is 1. The Kier molecular flexibility index (Phi) is 4.78. The highest BCUT2D eigenvalue weighted by Crippen LogP contribution is 2.31. The lowest BCUT2D eigenvalue weighted by molar-refractivity contribution is -0.118. The highest BCUT2D eigenvalue weighted by atomic mass is 79.9. The number of nitrogens with zero attached hydrogens (tertiary/aromatic N) is 1. The van der Waals surface area contributed by atoms with Crippen molar-refractivity contribution >= 4 is 27.5 Å². The molecule has 1 heterocycles. The van der Waals surface area contributed by atoms with Gasteiger partial charge in [-0.15, -0.1) is 0 Å². The van der Waals surface area contributed by atoms with Gasteiger partial charge in [-0.2, -0.15) is 0 Å². The second kappa shape index (κ2) is 6.34. The summed E-state index contributed by atoms with van der Waals surface area (Å²) >= 11 is 3.46. The lowest BCUT2D eigenvalue weighted by Crippen LogP contribution is -2.28. The zero-order chi connectivity index (χ0) is 13.0. The molecule has 0 bridgehead atoms. The Morgan fingerprint density at radius 3 is 3.06 bits per heavy atom. The molecule has 4 heteroatoms. The molecular weight excluding hydrogens is 294 g/mol. The highest BCUT2D eigenvalue weighted by Gasteiger charge is 2.24. The minimum Gasteiger partial charge on any atom is -0.385 e. The fourth-order valence-electron chi connectivity index (χ4n) is 2.27. The Bertz CT molecular complexity index is 434. The minimum atomic E-state index is 0.225. The summed E-state index contributed by atoms with van der Waals surface area (Å²) in [5, 5.41) is 0. The summed E-state index contributed by atoms with van der Waals surface area (Å²) in [6, 6.07) is 6.17. The fourth-order valence-corrected chi connectivity index (χ4v) is 2.62. The number of carbonyl (C=O) groups excluding carboxylic acids is 1. The molecule has 3 nitrogen and oxygen atoms in total. The quantitative estimate of drug-likeness (QED) is 0.782. The van der Waals surface area contributed by atoms with E-state index in [0.717, 1.165) is 42.6 Å². The second-order valence-corrected chi connectivity index (χ2v) is 5.43. The Morgan fingerprint density at radius 2 is 2.28 bits per heavy atom. The summed E-state index contributed by atoms with van der Waals surface area (Å²) in [6.07, 6.45) is 3.41. The van der Waals surface area contributed by atoms with Gasteiger partial charge in [0.25, 0.3) is 0 Å². The van der Waals surface area contributed by atoms with E-state index in [1.807, 2.05) is 17.0 Å². The monoisotopic (exact) mass is 311 g/mol. The van der Waals surface area contributed by atoms with Crippen molar-refractivity contribution in [1.29, 1.82) is 0 Å². The van der Waals surface area contributed by atoms with Gasteiger partial charge in [-0.3, -0.25) is 4.79 Å². The first kappa shape index (κ1) is 13.6. The molecule has 1 aliphatic heterocycles. The Morgan fingerprint density at radius 1 is 1.44 bits per heavy atom. The van der Waals surface area contributed by atoms with E-state index < -0.39 is 0 Å². The highest BCUT2D eigenvalue weighted by molar-refractivity contribution is 9.10. The molecule has 1 amide bonds. The number of benzene rings is 1. The molecule has 0 atom stereocenters. The van der Waals surface area contributed by atoms with Gasteiger partial charge in [-0.25, -0.2) is 0 Å². The first-order chi connectivity index (χ1) is 8.72. The molecular formula is C14H18BrNO2. The first-order valence-corrected chi connectivity index (χ1v) is 7.09. The van der Waals surface area contributed by atoms with Gasteiger partial charge in [0, 0.05) is 36.8 Å². The molecule has 0 radical (unpaired) electrons. The van der Waals surface area contributed by atoms with E-state index in [2.05, 4.69) is 22.0 Å². The largest absolute Gasteiger partial charge is 0.385 e. The average Bonchev–Trinajstić information content (AvgIpc) is 2.77. The van der Waals surface area contributed by atoms with Crippen molar-refractivity contribution < 1.29 is 9.53 Å². The minimum absolute atomic E-state index is 0.225. The van der Waals surface area contributed by atoms with Crippen LogP contribution in [0.25, 0.3) is 0 Å². The number of hydrogen-bond acceptors (Lipinski definition) is 2. The number of fused-ring (bicyclic) bond motifs is 1. The Hall–Kier alpha value is -0.870. The van der Waals surface area contributed by atoms with Crippen molar-refractivity contribution in [2.24, 2.45) is 0 Å². The number of hydrogen-bond donors (Lipinski definition) is 0. The predicted octanol–water partition coefficient (Wildman–Crippen LogP) is 3.15. The Balaban J connectivity index is 1.95. The van der Waals surface area contributed by atoms with E-state index in [1.54, 1.807) is 7.11 Å². The zero-order valence-electron chi connectivity index (χ0n) is 10.6. The SMILES string of the molecule is COCCCCC(=O)N1CCc2ccc(Br)cc21. The number of unbranched alkanes of at least 4 members (excludes halogenated alkanes) is 1. The van der Waals surface area contributed by atoms with Crippen LogP contribution in [0.15, 0.2) is 22.7 Å². The molecule has 0 saturated heterocycles. The Labute approximate surface area is 116 Å². The van der Waals surface area contributed by atoms with Crippen LogP contribution in [0.3, 0.4) is 0 Å². The lowest BCUT2D eigenvalue weighted by Gasteiger charge is -2.17. The summed E-state index contributed by atoms with van der Waals surface area (Å²) in [4.78, 5) is 14.1. The number of halogens is 1. The third kappa shape index (κ3) is 3.12. The third-order valence-corrected chi connectivity index (χ3v) is 3.73. The smallest absolute Gasteiger partial charge is 0.226 e. The van der Waals surface area contributed by atoms with Gasteiger partial charge in [0.15, 0.2) is 0 Å². The molecule has 1 aliphatic rings. The third-order valence-electron chi connectivity index (χ3n) is 3.23. The zero-order valence-corrected chi connectivity index (χ0v) is 12.2. The number of amides is 1. The number of rotatable bonds is 5. The van der Waals surface area contributed by atoms with Crippen molar-refractivity contribution in [1.82, 2.24) is 0 Å². The van der Waals surface area contributed by atoms with Crippen molar-refractivity contribution in [3.63, 3.8) is 0 Å². The molecule has 0 spiro atoms. The van der Waals surface area contributed by atoms with Crippen LogP contribution in [0.4, 0.5) is 5.69 Å². The van der Waals surface area contributed by atoms with Gasteiger partial charge >= 0.3 is 0 Å². The maximum atomic E-state index is 12.2. The molecule has 0 unspecified atom stereocenters. The summed E-state index contributed by atoms with van der Waals surface area (Å²) in [5.41, 5.74) is 2.34. The maximum absolute atomic E-state index is 12.2. The van der Waals surface area contributed by atoms with E-state index in [4.69, 9.17) is 4.74 Å². The van der Waals surface area contributed by atoms with Gasteiger partial charge in [-0.1, -0.05) is 22.0 Å². The van der Waals surface area contributed by atoms with E-state index in [1.165, 1.54) is 5.56 Å². The van der Waals surface area contributed by atoms with Crippen LogP contribution in [0, 0.1) is 0 Å². The standard InChI is InChI=1S/C14H18BrNO2/c1-18-9-3-2-4-14(17)16-8-7-11-5-6-12(15)10-13(11)16/h5-6,10H,2-4,7-9H2,1H3. The van der Waals surface area contributed by atoms with Crippen molar-refractivity contribution in [3.05, 3.63) is 28.2 Å². The second-order valence-electron chi connectivity index (χ2n) is 4.52. The van der Waals surface area contributed by atoms with Crippen molar-refractivity contribution in [3.8, 4) is 0 Å². The van der Waals surface area contributed by atoms with Crippen LogP contribution >= 0.6 is 15.9 Å². The number of anilines is 1. The maximum Gasteiger partial charge on any atom is 0.226 e. The van der Waals surface area contributed by atoms with Crippen molar-refractivity contribution in [2.45, 2.75) is 25.7 Å². The van der Waals surface area contributed by atoms with E-state index in [0.29, 0.717) is 6.42 Å². The van der Waals surface area contributed by atoms with E-state index in [9.17, 15) is 4.79 Å². The van der Waals surface area contributed by atoms with Crippen LogP contribution in [-0.4, -0.2) is 26.2 Å². The summed E-state index contributed by atoms with van der Waals surface area (Å²) in [7, 11) is 1.69. The molecule has 0 fully saturated rings. The summed E-state index contributed by atoms with van der Waals surface area (Å²) in [6.45, 7) is 1.55. The summed E-state index contributed by atoms with van der Waals surface area (Å²) < 4.78 is 6.02. The van der Waals surface area contributed by atoms with Crippen LogP contribution in [0.1, 0.15) is 24.8 Å². The lowest BCUT2D eigenvalue weighted by atomic mass is 10.2. The van der Waals surface area contributed by atoms with Gasteiger partial charge in [-0.05, 0) is 37.0 Å². The molecule has 0 aromatic heterocycles. The van der Waals surface area contributed by atoms with Crippen LogP contribution in [0.5, 0.6) is 0 Å². The van der Waals surface area contributed by atoms with Gasteiger partial charge < -0.3 is 9.64 Å².